The smallest absolute Gasteiger partial charge is 0.238 e. The van der Waals surface area contributed by atoms with Crippen molar-refractivity contribution in [2.45, 2.75) is 31.3 Å². The van der Waals surface area contributed by atoms with E-state index in [0.717, 1.165) is 22.5 Å². The van der Waals surface area contributed by atoms with Crippen molar-refractivity contribution >= 4 is 23.5 Å². The summed E-state index contributed by atoms with van der Waals surface area (Å²) in [6.07, 6.45) is 0. The lowest BCUT2D eigenvalue weighted by molar-refractivity contribution is -0.115. The summed E-state index contributed by atoms with van der Waals surface area (Å²) in [5, 5.41) is 7.51. The van der Waals surface area contributed by atoms with E-state index < -0.39 is 0 Å². The van der Waals surface area contributed by atoms with Crippen molar-refractivity contribution in [1.29, 1.82) is 0 Å². The van der Waals surface area contributed by atoms with Gasteiger partial charge in [0.25, 0.3) is 0 Å². The van der Waals surface area contributed by atoms with E-state index in [4.69, 9.17) is 14.6 Å². The second-order valence-electron chi connectivity index (χ2n) is 7.33. The number of fused-ring (bicyclic) bond motifs is 1. The first-order valence-electron chi connectivity index (χ1n) is 9.78. The van der Waals surface area contributed by atoms with Gasteiger partial charge in [-0.2, -0.15) is 5.10 Å². The third-order valence-corrected chi connectivity index (χ3v) is 6.70. The quantitative estimate of drug-likeness (QED) is 0.661. The van der Waals surface area contributed by atoms with E-state index in [1.807, 2.05) is 67.9 Å². The average Bonchev–Trinajstić information content (AvgIpc) is 2.99. The van der Waals surface area contributed by atoms with Gasteiger partial charge in [-0.25, -0.2) is 4.68 Å². The summed E-state index contributed by atoms with van der Waals surface area (Å²) >= 11 is 1.58. The number of rotatable bonds is 4. The Morgan fingerprint density at radius 1 is 1.07 bits per heavy atom. The maximum Gasteiger partial charge on any atom is 0.238 e. The normalized spacial score (nSPS) is 18.4. The Kier molecular flexibility index (Phi) is 5.47. The fraction of sp³-hybridized carbons (Fsp3) is 0.304. The minimum Gasteiger partial charge on any atom is -0.493 e. The highest BCUT2D eigenvalue weighted by Crippen LogP contribution is 2.50. The molecule has 0 spiro atoms. The molecule has 6 nitrogen and oxygen atoms in total. The van der Waals surface area contributed by atoms with Gasteiger partial charge in [0, 0.05) is 11.1 Å². The molecule has 0 saturated carbocycles. The minimum atomic E-state index is -0.246. The number of carbonyl (C=O) groups is 1. The predicted octanol–water partition coefficient (Wildman–Crippen LogP) is 4.67. The molecule has 2 atom stereocenters. The van der Waals surface area contributed by atoms with E-state index in [-0.39, 0.29) is 16.4 Å². The summed E-state index contributed by atoms with van der Waals surface area (Å²) in [6, 6.07) is 13.9. The van der Waals surface area contributed by atoms with Crippen LogP contribution in [0.25, 0.3) is 5.69 Å². The number of thioether (sulfide) groups is 1. The third-order valence-electron chi connectivity index (χ3n) is 5.31. The largest absolute Gasteiger partial charge is 0.493 e. The Morgan fingerprint density at radius 2 is 1.80 bits per heavy atom. The number of carbonyl (C=O) groups excluding carboxylic acids is 1. The first kappa shape index (κ1) is 20.3. The highest BCUT2D eigenvalue weighted by atomic mass is 32.2. The lowest BCUT2D eigenvalue weighted by atomic mass is 10.0. The molecule has 0 saturated heterocycles. The Hall–Kier alpha value is -2.93. The first-order valence-corrected chi connectivity index (χ1v) is 10.7. The number of methoxy groups -OCH3 is 2. The summed E-state index contributed by atoms with van der Waals surface area (Å²) in [4.78, 5) is 12.8. The Bertz CT molecular complexity index is 1090. The van der Waals surface area contributed by atoms with Crippen LogP contribution in [0.2, 0.25) is 0 Å². The zero-order valence-corrected chi connectivity index (χ0v) is 18.5. The maximum absolute atomic E-state index is 12.8. The van der Waals surface area contributed by atoms with Crippen molar-refractivity contribution in [1.82, 2.24) is 9.78 Å². The molecule has 2 aromatic carbocycles. The van der Waals surface area contributed by atoms with E-state index in [2.05, 4.69) is 5.32 Å². The molecule has 0 bridgehead atoms. The molecular weight excluding hydrogens is 398 g/mol. The second-order valence-corrected chi connectivity index (χ2v) is 8.78. The summed E-state index contributed by atoms with van der Waals surface area (Å²) in [7, 11) is 3.26. The number of benzene rings is 2. The zero-order chi connectivity index (χ0) is 21.4. The summed E-state index contributed by atoms with van der Waals surface area (Å²) in [5.41, 5.74) is 4.87. The van der Waals surface area contributed by atoms with Crippen molar-refractivity contribution < 1.29 is 14.3 Å². The predicted molar refractivity (Wildman–Crippen MR) is 120 cm³/mol. The molecule has 7 heteroatoms. The van der Waals surface area contributed by atoms with Crippen LogP contribution in [-0.4, -0.2) is 35.2 Å². The van der Waals surface area contributed by atoms with Crippen molar-refractivity contribution in [3.05, 3.63) is 64.8 Å². The number of hydrogen-bond donors (Lipinski definition) is 1. The number of aryl methyl sites for hydroxylation is 2. The van der Waals surface area contributed by atoms with Crippen LogP contribution in [0.3, 0.4) is 0 Å². The van der Waals surface area contributed by atoms with Gasteiger partial charge in [-0.15, -0.1) is 11.8 Å². The molecule has 2 heterocycles. The number of nitrogens with one attached hydrogen (secondary N) is 1. The Morgan fingerprint density at radius 3 is 2.47 bits per heavy atom. The van der Waals surface area contributed by atoms with Crippen molar-refractivity contribution in [2.75, 3.05) is 19.5 Å². The fourth-order valence-electron chi connectivity index (χ4n) is 3.75. The highest BCUT2D eigenvalue weighted by Gasteiger charge is 2.35. The molecule has 0 aliphatic carbocycles. The van der Waals surface area contributed by atoms with Crippen molar-refractivity contribution in [3.8, 4) is 17.2 Å². The van der Waals surface area contributed by atoms with Gasteiger partial charge in [0.05, 0.1) is 36.1 Å². The van der Waals surface area contributed by atoms with Crippen LogP contribution < -0.4 is 14.8 Å². The number of amides is 1. The number of para-hydroxylation sites is 1. The van der Waals surface area contributed by atoms with Gasteiger partial charge < -0.3 is 14.8 Å². The van der Waals surface area contributed by atoms with Crippen LogP contribution in [-0.2, 0) is 4.79 Å². The van der Waals surface area contributed by atoms with Gasteiger partial charge in [-0.05, 0) is 39.0 Å². The van der Waals surface area contributed by atoms with Crippen LogP contribution >= 0.6 is 11.8 Å². The Labute approximate surface area is 180 Å². The molecule has 3 aromatic rings. The lowest BCUT2D eigenvalue weighted by Crippen LogP contribution is -2.22. The minimum absolute atomic E-state index is 0.0427. The first-order chi connectivity index (χ1) is 14.4. The van der Waals surface area contributed by atoms with Crippen LogP contribution in [0.1, 0.15) is 34.6 Å². The summed E-state index contributed by atoms with van der Waals surface area (Å²) in [5.74, 6) is 2.00. The van der Waals surface area contributed by atoms with Gasteiger partial charge in [0.2, 0.25) is 5.91 Å². The number of ether oxygens (including phenoxy) is 2. The molecule has 0 fully saturated rings. The molecule has 1 N–H and O–H groups in total. The number of hydrogen-bond acceptors (Lipinski definition) is 5. The van der Waals surface area contributed by atoms with E-state index in [1.54, 1.807) is 26.0 Å². The maximum atomic E-state index is 12.8. The molecule has 1 aliphatic heterocycles. The standard InChI is InChI=1S/C23H25N3O3S/c1-13-9-11-16(12-10-13)26-22-19(14(2)25-26)21(30-15(3)23(27)24-22)17-7-6-8-18(28-4)20(17)29-5/h6-12,15,21H,1-5H3,(H,24,27)/t15-,21-/m0/s1. The van der Waals surface area contributed by atoms with Gasteiger partial charge in [0.1, 0.15) is 5.82 Å². The fourth-order valence-corrected chi connectivity index (χ4v) is 5.09. The van der Waals surface area contributed by atoms with Crippen molar-refractivity contribution in [2.24, 2.45) is 0 Å². The highest BCUT2D eigenvalue weighted by molar-refractivity contribution is 8.01. The van der Waals surface area contributed by atoms with Crippen LogP contribution in [0, 0.1) is 13.8 Å². The van der Waals surface area contributed by atoms with Crippen molar-refractivity contribution in [3.63, 3.8) is 0 Å². The van der Waals surface area contributed by atoms with Gasteiger partial charge in [-0.1, -0.05) is 29.8 Å². The third kappa shape index (κ3) is 3.43. The molecule has 1 aliphatic rings. The van der Waals surface area contributed by atoms with Crippen LogP contribution in [0.4, 0.5) is 5.82 Å². The zero-order valence-electron chi connectivity index (χ0n) is 17.7. The van der Waals surface area contributed by atoms with Gasteiger partial charge in [-0.3, -0.25) is 4.79 Å². The van der Waals surface area contributed by atoms with Crippen LogP contribution in [0.15, 0.2) is 42.5 Å². The number of aromatic nitrogens is 2. The molecule has 0 radical (unpaired) electrons. The topological polar surface area (TPSA) is 65.4 Å². The summed E-state index contributed by atoms with van der Waals surface area (Å²) < 4.78 is 13.0. The van der Waals surface area contributed by atoms with E-state index in [0.29, 0.717) is 17.3 Å². The van der Waals surface area contributed by atoms with Crippen LogP contribution in [0.5, 0.6) is 11.5 Å². The monoisotopic (exact) mass is 423 g/mol. The number of nitrogens with zero attached hydrogens (tertiary/aromatic N) is 2. The van der Waals surface area contributed by atoms with E-state index in [1.165, 1.54) is 5.56 Å². The van der Waals surface area contributed by atoms with Gasteiger partial charge >= 0.3 is 0 Å². The molecule has 4 rings (SSSR count). The van der Waals surface area contributed by atoms with Gasteiger partial charge in [0.15, 0.2) is 11.5 Å². The average molecular weight is 424 g/mol. The lowest BCUT2D eigenvalue weighted by Gasteiger charge is -2.21. The molecule has 156 valence electrons. The Balaban J connectivity index is 1.94. The summed E-state index contributed by atoms with van der Waals surface area (Å²) in [6.45, 7) is 5.94. The van der Waals surface area contributed by atoms with E-state index in [9.17, 15) is 4.79 Å². The molecule has 1 amide bonds. The molecule has 0 unspecified atom stereocenters. The molecule has 1 aromatic heterocycles. The SMILES string of the molecule is COc1cccc([C@@H]2S[C@@H](C)C(=O)Nc3c2c(C)nn3-c2ccc(C)cc2)c1OC. The molecular formula is C23H25N3O3S. The number of anilines is 1. The molecule has 30 heavy (non-hydrogen) atoms. The van der Waals surface area contributed by atoms with E-state index >= 15 is 0 Å². The second kappa shape index (κ2) is 8.07.